The first-order valence-corrected chi connectivity index (χ1v) is 7.68. The zero-order chi connectivity index (χ0) is 15.5. The summed E-state index contributed by atoms with van der Waals surface area (Å²) in [6.07, 6.45) is 0. The van der Waals surface area contributed by atoms with Crippen molar-refractivity contribution in [3.8, 4) is 0 Å². The summed E-state index contributed by atoms with van der Waals surface area (Å²) in [6, 6.07) is 9.71. The van der Waals surface area contributed by atoms with Gasteiger partial charge in [0.25, 0.3) is 0 Å². The molecule has 3 N–H and O–H groups in total. The summed E-state index contributed by atoms with van der Waals surface area (Å²) >= 11 is 0. The third-order valence-electron chi connectivity index (χ3n) is 2.92. The number of nitrogens with two attached hydrogens (primary N) is 1. The van der Waals surface area contributed by atoms with Crippen LogP contribution in [0.15, 0.2) is 47.4 Å². The predicted octanol–water partition coefficient (Wildman–Crippen LogP) is 1.90. The molecule has 0 aromatic heterocycles. The maximum absolute atomic E-state index is 13.4. The first kappa shape index (κ1) is 15.6. The maximum atomic E-state index is 13.4. The predicted molar refractivity (Wildman–Crippen MR) is 74.7 cm³/mol. The Morgan fingerprint density at radius 3 is 2.24 bits per heavy atom. The molecule has 0 aliphatic carbocycles. The highest BCUT2D eigenvalue weighted by atomic mass is 32.2. The van der Waals surface area contributed by atoms with Crippen LogP contribution in [0.4, 0.5) is 8.78 Å². The van der Waals surface area contributed by atoms with Crippen LogP contribution in [0.25, 0.3) is 0 Å². The van der Waals surface area contributed by atoms with Gasteiger partial charge in [-0.15, -0.1) is 0 Å². The lowest BCUT2D eigenvalue weighted by atomic mass is 10.2. The summed E-state index contributed by atoms with van der Waals surface area (Å²) in [5, 5.41) is 7.90. The fourth-order valence-corrected chi connectivity index (χ4v) is 2.45. The van der Waals surface area contributed by atoms with E-state index in [1.54, 1.807) is 12.1 Å². The van der Waals surface area contributed by atoms with Crippen LogP contribution in [0, 0.1) is 11.6 Å². The molecule has 0 saturated carbocycles. The molecule has 112 valence electrons. The van der Waals surface area contributed by atoms with Crippen molar-refractivity contribution in [2.75, 3.05) is 0 Å². The van der Waals surface area contributed by atoms with Gasteiger partial charge in [-0.2, -0.15) is 0 Å². The Hall–Kier alpha value is -1.83. The highest BCUT2D eigenvalue weighted by molar-refractivity contribution is 7.89. The smallest absolute Gasteiger partial charge is 0.238 e. The molecule has 0 unspecified atom stereocenters. The molecule has 0 heterocycles. The summed E-state index contributed by atoms with van der Waals surface area (Å²) in [6.45, 7) is 0.259. The molecule has 0 aliphatic heterocycles. The van der Waals surface area contributed by atoms with E-state index in [4.69, 9.17) is 5.14 Å². The molecule has 2 aromatic rings. The second-order valence-corrected chi connectivity index (χ2v) is 6.06. The Morgan fingerprint density at radius 1 is 1.00 bits per heavy atom. The average Bonchev–Trinajstić information content (AvgIpc) is 2.41. The van der Waals surface area contributed by atoms with Crippen LogP contribution in [-0.4, -0.2) is 8.42 Å². The molecule has 0 spiro atoms. The number of nitrogens with one attached hydrogen (secondary N) is 1. The highest BCUT2D eigenvalue weighted by Crippen LogP contribution is 2.13. The molecule has 2 rings (SSSR count). The van der Waals surface area contributed by atoms with Gasteiger partial charge in [0.05, 0.1) is 4.90 Å². The zero-order valence-electron chi connectivity index (χ0n) is 11.0. The summed E-state index contributed by atoms with van der Waals surface area (Å²) < 4.78 is 49.3. The molecule has 0 aliphatic rings. The van der Waals surface area contributed by atoms with E-state index >= 15 is 0 Å². The van der Waals surface area contributed by atoms with Gasteiger partial charge in [0.15, 0.2) is 0 Å². The van der Waals surface area contributed by atoms with E-state index in [1.807, 2.05) is 0 Å². The topological polar surface area (TPSA) is 72.2 Å². The second-order valence-electron chi connectivity index (χ2n) is 4.50. The van der Waals surface area contributed by atoms with Crippen molar-refractivity contribution in [2.24, 2.45) is 5.14 Å². The van der Waals surface area contributed by atoms with Crippen LogP contribution in [-0.2, 0) is 23.1 Å². The number of rotatable bonds is 5. The van der Waals surface area contributed by atoms with Gasteiger partial charge in [0.1, 0.15) is 11.6 Å². The molecule has 0 bridgehead atoms. The molecule has 21 heavy (non-hydrogen) atoms. The number of hydrogen-bond donors (Lipinski definition) is 2. The van der Waals surface area contributed by atoms with Crippen molar-refractivity contribution in [3.05, 3.63) is 65.2 Å². The standard InChI is InChI=1S/C14H14F2N2O2S/c15-13-5-2-6-14(16)12(13)9-18-8-10-3-1-4-11(7-10)21(17,19)20/h1-7,18H,8-9H2,(H2,17,19,20). The van der Waals surface area contributed by atoms with E-state index in [0.29, 0.717) is 5.56 Å². The number of sulfonamides is 1. The van der Waals surface area contributed by atoms with Crippen LogP contribution < -0.4 is 10.5 Å². The van der Waals surface area contributed by atoms with E-state index < -0.39 is 21.7 Å². The van der Waals surface area contributed by atoms with Crippen LogP contribution in [0.1, 0.15) is 11.1 Å². The van der Waals surface area contributed by atoms with Crippen molar-refractivity contribution in [1.82, 2.24) is 5.32 Å². The van der Waals surface area contributed by atoms with Gasteiger partial charge in [-0.05, 0) is 29.8 Å². The first-order chi connectivity index (χ1) is 9.88. The normalized spacial score (nSPS) is 11.6. The van der Waals surface area contributed by atoms with Crippen molar-refractivity contribution in [3.63, 3.8) is 0 Å². The Bertz CT molecular complexity index is 728. The average molecular weight is 312 g/mol. The van der Waals surface area contributed by atoms with Crippen LogP contribution in [0.3, 0.4) is 0 Å². The molecule has 0 amide bonds. The first-order valence-electron chi connectivity index (χ1n) is 6.13. The van der Waals surface area contributed by atoms with Crippen molar-refractivity contribution in [1.29, 1.82) is 0 Å². The van der Waals surface area contributed by atoms with Crippen molar-refractivity contribution in [2.45, 2.75) is 18.0 Å². The molecular weight excluding hydrogens is 298 g/mol. The molecule has 4 nitrogen and oxygen atoms in total. The third-order valence-corrected chi connectivity index (χ3v) is 3.83. The van der Waals surface area contributed by atoms with Gasteiger partial charge in [0, 0.05) is 18.7 Å². The monoisotopic (exact) mass is 312 g/mol. The molecule has 0 atom stereocenters. The Kier molecular flexibility index (Phi) is 4.66. The Labute approximate surface area is 121 Å². The van der Waals surface area contributed by atoms with Crippen LogP contribution in [0.2, 0.25) is 0 Å². The minimum absolute atomic E-state index is 0.00104. The van der Waals surface area contributed by atoms with Crippen LogP contribution >= 0.6 is 0 Å². The quantitative estimate of drug-likeness (QED) is 0.886. The molecular formula is C14H14F2N2O2S. The van der Waals surface area contributed by atoms with Crippen molar-refractivity contribution >= 4 is 10.0 Å². The molecule has 0 radical (unpaired) electrons. The number of halogens is 2. The molecule has 0 fully saturated rings. The summed E-state index contributed by atoms with van der Waals surface area (Å²) in [4.78, 5) is -0.00104. The van der Waals surface area contributed by atoms with Gasteiger partial charge in [-0.25, -0.2) is 22.3 Å². The lowest BCUT2D eigenvalue weighted by Gasteiger charge is -2.08. The summed E-state index contributed by atoms with van der Waals surface area (Å²) in [7, 11) is -3.76. The molecule has 2 aromatic carbocycles. The SMILES string of the molecule is NS(=O)(=O)c1cccc(CNCc2c(F)cccc2F)c1. The number of primary sulfonamides is 1. The second kappa shape index (κ2) is 6.30. The van der Waals surface area contributed by atoms with E-state index in [2.05, 4.69) is 5.32 Å². The Morgan fingerprint density at radius 2 is 1.62 bits per heavy atom. The van der Waals surface area contributed by atoms with Crippen LogP contribution in [0.5, 0.6) is 0 Å². The zero-order valence-corrected chi connectivity index (χ0v) is 11.8. The van der Waals surface area contributed by atoms with Gasteiger partial charge in [-0.3, -0.25) is 0 Å². The maximum Gasteiger partial charge on any atom is 0.238 e. The minimum Gasteiger partial charge on any atom is -0.308 e. The lowest BCUT2D eigenvalue weighted by molar-refractivity contribution is 0.535. The van der Waals surface area contributed by atoms with E-state index in [-0.39, 0.29) is 23.5 Å². The van der Waals surface area contributed by atoms with Crippen molar-refractivity contribution < 1.29 is 17.2 Å². The largest absolute Gasteiger partial charge is 0.308 e. The van der Waals surface area contributed by atoms with Gasteiger partial charge in [-0.1, -0.05) is 18.2 Å². The number of benzene rings is 2. The van der Waals surface area contributed by atoms with E-state index in [0.717, 1.165) is 0 Å². The van der Waals surface area contributed by atoms with Gasteiger partial charge < -0.3 is 5.32 Å². The fourth-order valence-electron chi connectivity index (χ4n) is 1.87. The third kappa shape index (κ3) is 4.07. The summed E-state index contributed by atoms with van der Waals surface area (Å²) in [5.74, 6) is -1.25. The number of hydrogen-bond acceptors (Lipinski definition) is 3. The highest BCUT2D eigenvalue weighted by Gasteiger charge is 2.09. The summed E-state index contributed by atoms with van der Waals surface area (Å²) in [5.41, 5.74) is 0.596. The minimum atomic E-state index is -3.76. The molecule has 0 saturated heterocycles. The van der Waals surface area contributed by atoms with E-state index in [9.17, 15) is 17.2 Å². The fraction of sp³-hybridized carbons (Fsp3) is 0.143. The molecule has 7 heteroatoms. The Balaban J connectivity index is 2.04. The van der Waals surface area contributed by atoms with E-state index in [1.165, 1.54) is 30.3 Å². The van der Waals surface area contributed by atoms with Gasteiger partial charge >= 0.3 is 0 Å². The van der Waals surface area contributed by atoms with Gasteiger partial charge in [0.2, 0.25) is 10.0 Å². The lowest BCUT2D eigenvalue weighted by Crippen LogP contribution is -2.16.